The van der Waals surface area contributed by atoms with E-state index in [1.807, 2.05) is 26.0 Å². The summed E-state index contributed by atoms with van der Waals surface area (Å²) < 4.78 is 11.1. The van der Waals surface area contributed by atoms with Crippen LogP contribution in [0.5, 0.6) is 17.2 Å². The minimum absolute atomic E-state index is 0.0787. The van der Waals surface area contributed by atoms with Gasteiger partial charge >= 0.3 is 5.69 Å². The fourth-order valence-electron chi connectivity index (χ4n) is 2.42. The molecule has 0 atom stereocenters. The lowest BCUT2D eigenvalue weighted by Gasteiger charge is -2.11. The molecule has 28 heavy (non-hydrogen) atoms. The number of halogens is 1. The van der Waals surface area contributed by atoms with Crippen molar-refractivity contribution in [3.63, 3.8) is 0 Å². The molecular weight excluding hydrogens is 434 g/mol. The maximum atomic E-state index is 11.9. The number of rotatable bonds is 7. The standard InChI is InChI=1S/C18H18BrN3O6/c1-10-4-11(2)18(13(19)5-10)28-9-16(23)21-20-8-12-6-14(22(25)26)17(24)15(7-12)27-3/h4-8,24H,9H2,1-3H3,(H,21,23)/b20-8+. The van der Waals surface area contributed by atoms with E-state index in [1.165, 1.54) is 19.4 Å². The summed E-state index contributed by atoms with van der Waals surface area (Å²) in [6.07, 6.45) is 1.19. The van der Waals surface area contributed by atoms with Crippen molar-refractivity contribution in [2.45, 2.75) is 13.8 Å². The number of nitrogens with one attached hydrogen (secondary N) is 1. The molecule has 0 saturated heterocycles. The van der Waals surface area contributed by atoms with Crippen molar-refractivity contribution in [2.75, 3.05) is 13.7 Å². The average Bonchev–Trinajstić information content (AvgIpc) is 2.61. The number of hydrazone groups is 1. The molecule has 0 aromatic heterocycles. The Morgan fingerprint density at radius 2 is 2.07 bits per heavy atom. The summed E-state index contributed by atoms with van der Waals surface area (Å²) in [7, 11) is 1.27. The van der Waals surface area contributed by atoms with E-state index in [4.69, 9.17) is 9.47 Å². The third kappa shape index (κ3) is 5.19. The van der Waals surface area contributed by atoms with Crippen LogP contribution in [0.15, 0.2) is 33.8 Å². The fraction of sp³-hybridized carbons (Fsp3) is 0.222. The molecule has 0 saturated carbocycles. The number of hydrogen-bond donors (Lipinski definition) is 2. The van der Waals surface area contributed by atoms with Gasteiger partial charge in [-0.05, 0) is 53.0 Å². The number of nitrogens with zero attached hydrogens (tertiary/aromatic N) is 2. The molecule has 0 bridgehead atoms. The molecule has 0 fully saturated rings. The topological polar surface area (TPSA) is 123 Å². The molecule has 2 rings (SSSR count). The van der Waals surface area contributed by atoms with Gasteiger partial charge in [0.1, 0.15) is 5.75 Å². The van der Waals surface area contributed by atoms with Gasteiger partial charge in [-0.15, -0.1) is 0 Å². The third-order valence-electron chi connectivity index (χ3n) is 3.62. The van der Waals surface area contributed by atoms with Gasteiger partial charge in [-0.2, -0.15) is 5.10 Å². The van der Waals surface area contributed by atoms with E-state index < -0.39 is 22.3 Å². The SMILES string of the molecule is COc1cc(/C=N/NC(=O)COc2c(C)cc(C)cc2Br)cc([N+](=O)[O-])c1O. The highest BCUT2D eigenvalue weighted by Crippen LogP contribution is 2.36. The Morgan fingerprint density at radius 1 is 1.36 bits per heavy atom. The summed E-state index contributed by atoms with van der Waals surface area (Å²) in [4.78, 5) is 22.1. The Labute approximate surface area is 169 Å². The molecule has 2 aromatic carbocycles. The first-order valence-corrected chi connectivity index (χ1v) is 8.79. The lowest BCUT2D eigenvalue weighted by atomic mass is 10.1. The largest absolute Gasteiger partial charge is 0.500 e. The highest BCUT2D eigenvalue weighted by molar-refractivity contribution is 9.10. The number of aryl methyl sites for hydroxylation is 2. The second-order valence-corrected chi connectivity index (χ2v) is 6.68. The normalized spacial score (nSPS) is 10.7. The summed E-state index contributed by atoms with van der Waals surface area (Å²) in [6.45, 7) is 3.55. The van der Waals surface area contributed by atoms with E-state index in [0.29, 0.717) is 5.75 Å². The molecule has 0 aliphatic rings. The van der Waals surface area contributed by atoms with Gasteiger partial charge in [-0.3, -0.25) is 14.9 Å². The molecule has 0 heterocycles. The molecule has 0 spiro atoms. The Bertz CT molecular complexity index is 922. The Hall–Kier alpha value is -3.14. The van der Waals surface area contributed by atoms with E-state index in [-0.39, 0.29) is 17.9 Å². The minimum Gasteiger partial charge on any atom is -0.500 e. The summed E-state index contributed by atoms with van der Waals surface area (Å²) in [5.41, 5.74) is 3.94. The molecule has 2 N–H and O–H groups in total. The predicted molar refractivity (Wildman–Crippen MR) is 106 cm³/mol. The van der Waals surface area contributed by atoms with Gasteiger partial charge in [-0.25, -0.2) is 5.43 Å². The van der Waals surface area contributed by atoms with Crippen LogP contribution in [-0.4, -0.2) is 35.9 Å². The van der Waals surface area contributed by atoms with E-state index in [2.05, 4.69) is 26.5 Å². The average molecular weight is 452 g/mol. The number of nitro groups is 1. The molecule has 2 aromatic rings. The monoisotopic (exact) mass is 451 g/mol. The zero-order chi connectivity index (χ0) is 20.8. The van der Waals surface area contributed by atoms with E-state index >= 15 is 0 Å². The van der Waals surface area contributed by atoms with Crippen LogP contribution in [0.25, 0.3) is 0 Å². The summed E-state index contributed by atoms with van der Waals surface area (Å²) >= 11 is 3.40. The molecular formula is C18H18BrN3O6. The summed E-state index contributed by atoms with van der Waals surface area (Å²) in [5, 5.41) is 24.5. The zero-order valence-electron chi connectivity index (χ0n) is 15.4. The van der Waals surface area contributed by atoms with Gasteiger partial charge in [0.05, 0.1) is 22.7 Å². The van der Waals surface area contributed by atoms with Crippen molar-refractivity contribution in [1.82, 2.24) is 5.43 Å². The number of nitro benzene ring substituents is 1. The van der Waals surface area contributed by atoms with Crippen molar-refractivity contribution in [1.29, 1.82) is 0 Å². The molecule has 0 aliphatic carbocycles. The Kier molecular flexibility index (Phi) is 6.94. The van der Waals surface area contributed by atoms with Crippen LogP contribution >= 0.6 is 15.9 Å². The highest BCUT2D eigenvalue weighted by Gasteiger charge is 2.19. The first-order valence-electron chi connectivity index (χ1n) is 7.99. The minimum atomic E-state index is -0.747. The number of ether oxygens (including phenoxy) is 2. The van der Waals surface area contributed by atoms with Gasteiger partial charge in [0.25, 0.3) is 5.91 Å². The van der Waals surface area contributed by atoms with Gasteiger partial charge in [0, 0.05) is 11.6 Å². The van der Waals surface area contributed by atoms with Gasteiger partial charge in [0.2, 0.25) is 5.75 Å². The maximum absolute atomic E-state index is 11.9. The van der Waals surface area contributed by atoms with Gasteiger partial charge in [-0.1, -0.05) is 6.07 Å². The molecule has 9 nitrogen and oxygen atoms in total. The van der Waals surface area contributed by atoms with Crippen molar-refractivity contribution in [3.05, 3.63) is 55.5 Å². The number of hydrogen-bond acceptors (Lipinski definition) is 7. The number of carbonyl (C=O) groups is 1. The molecule has 0 aliphatic heterocycles. The zero-order valence-corrected chi connectivity index (χ0v) is 16.9. The third-order valence-corrected chi connectivity index (χ3v) is 4.21. The summed E-state index contributed by atoms with van der Waals surface area (Å²) in [6, 6.07) is 6.27. The highest BCUT2D eigenvalue weighted by atomic mass is 79.9. The van der Waals surface area contributed by atoms with Crippen molar-refractivity contribution in [2.24, 2.45) is 5.10 Å². The van der Waals surface area contributed by atoms with Crippen LogP contribution in [-0.2, 0) is 4.79 Å². The second kappa shape index (κ2) is 9.18. The van der Waals surface area contributed by atoms with Crippen molar-refractivity contribution >= 4 is 33.7 Å². The number of aromatic hydroxyl groups is 1. The number of phenols is 1. The molecule has 0 unspecified atom stereocenters. The fourth-order valence-corrected chi connectivity index (χ4v) is 3.21. The van der Waals surface area contributed by atoms with Crippen LogP contribution in [0.4, 0.5) is 5.69 Å². The lowest BCUT2D eigenvalue weighted by molar-refractivity contribution is -0.386. The maximum Gasteiger partial charge on any atom is 0.315 e. The van der Waals surface area contributed by atoms with E-state index in [0.717, 1.165) is 21.7 Å². The van der Waals surface area contributed by atoms with Crippen molar-refractivity contribution in [3.8, 4) is 17.2 Å². The molecule has 1 amide bonds. The van der Waals surface area contributed by atoms with Crippen LogP contribution < -0.4 is 14.9 Å². The number of amides is 1. The van der Waals surface area contributed by atoms with Gasteiger partial charge < -0.3 is 14.6 Å². The molecule has 10 heteroatoms. The molecule has 148 valence electrons. The van der Waals surface area contributed by atoms with Crippen LogP contribution in [0, 0.1) is 24.0 Å². The van der Waals surface area contributed by atoms with Crippen LogP contribution in [0.1, 0.15) is 16.7 Å². The quantitative estimate of drug-likeness (QED) is 0.378. The van der Waals surface area contributed by atoms with Gasteiger partial charge in [0.15, 0.2) is 12.4 Å². The second-order valence-electron chi connectivity index (χ2n) is 5.82. The number of benzene rings is 2. The summed E-state index contributed by atoms with van der Waals surface area (Å²) in [5.74, 6) is -0.613. The van der Waals surface area contributed by atoms with E-state index in [9.17, 15) is 20.0 Å². The smallest absolute Gasteiger partial charge is 0.315 e. The lowest BCUT2D eigenvalue weighted by Crippen LogP contribution is -2.24. The first-order chi connectivity index (χ1) is 13.2. The van der Waals surface area contributed by atoms with Crippen molar-refractivity contribution < 1.29 is 24.3 Å². The predicted octanol–water partition coefficient (Wildman–Crippen LogP) is 3.22. The Balaban J connectivity index is 2.02. The Morgan fingerprint density at radius 3 is 2.68 bits per heavy atom. The number of methoxy groups -OCH3 is 1. The van der Waals surface area contributed by atoms with Crippen LogP contribution in [0.3, 0.4) is 0 Å². The molecule has 0 radical (unpaired) electrons. The number of carbonyl (C=O) groups excluding carboxylic acids is 1. The van der Waals surface area contributed by atoms with E-state index in [1.54, 1.807) is 0 Å². The van der Waals surface area contributed by atoms with Crippen LogP contribution in [0.2, 0.25) is 0 Å². The first kappa shape index (κ1) is 21.2. The number of phenolic OH excluding ortho intramolecular Hbond substituents is 1.